The number of aryl methyl sites for hydroxylation is 2. The molecule has 1 amide bonds. The number of carbonyl (C=O) groups is 1. The Morgan fingerprint density at radius 3 is 2.62 bits per heavy atom. The normalized spacial score (nSPS) is 12.1. The van der Waals surface area contributed by atoms with Crippen molar-refractivity contribution in [3.8, 4) is 11.4 Å². The third kappa shape index (κ3) is 3.61. The molecule has 0 fully saturated rings. The first-order chi connectivity index (χ1) is 13.9. The lowest BCUT2D eigenvalue weighted by atomic mass is 10.0. The van der Waals surface area contributed by atoms with Crippen LogP contribution in [0.1, 0.15) is 40.1 Å². The Kier molecular flexibility index (Phi) is 4.84. The second kappa shape index (κ2) is 7.47. The summed E-state index contributed by atoms with van der Waals surface area (Å²) in [4.78, 5) is 22.4. The van der Waals surface area contributed by atoms with Crippen molar-refractivity contribution in [2.45, 2.75) is 26.8 Å². The Morgan fingerprint density at radius 2 is 1.93 bits per heavy atom. The predicted octanol–water partition coefficient (Wildman–Crippen LogP) is 4.14. The average molecular weight is 385 g/mol. The monoisotopic (exact) mass is 385 g/mol. The molecule has 3 heterocycles. The molecule has 0 aliphatic rings. The average Bonchev–Trinajstić information content (AvgIpc) is 3.06. The van der Waals surface area contributed by atoms with Gasteiger partial charge in [0.25, 0.3) is 5.91 Å². The molecule has 6 heteroatoms. The minimum absolute atomic E-state index is 0.143. The predicted molar refractivity (Wildman–Crippen MR) is 114 cm³/mol. The maximum atomic E-state index is 13.3. The SMILES string of the molecule is Cc1ccc2nc(-c3ccccn3)cc(C(=O)NC(C)c3cnn(C)c3C)c2c1. The summed E-state index contributed by atoms with van der Waals surface area (Å²) in [6.07, 6.45) is 3.53. The van der Waals surface area contributed by atoms with E-state index in [2.05, 4.69) is 15.4 Å². The van der Waals surface area contributed by atoms with Crippen LogP contribution < -0.4 is 5.32 Å². The third-order valence-corrected chi connectivity index (χ3v) is 5.22. The number of amides is 1. The van der Waals surface area contributed by atoms with Crippen LogP contribution in [0.3, 0.4) is 0 Å². The number of aromatic nitrogens is 4. The van der Waals surface area contributed by atoms with E-state index in [9.17, 15) is 4.79 Å². The number of pyridine rings is 2. The third-order valence-electron chi connectivity index (χ3n) is 5.22. The number of hydrogen-bond donors (Lipinski definition) is 1. The van der Waals surface area contributed by atoms with Crippen molar-refractivity contribution < 1.29 is 4.79 Å². The Labute approximate surface area is 169 Å². The summed E-state index contributed by atoms with van der Waals surface area (Å²) in [5, 5.41) is 8.23. The van der Waals surface area contributed by atoms with Gasteiger partial charge in [0.1, 0.15) is 0 Å². The number of hydrogen-bond acceptors (Lipinski definition) is 4. The van der Waals surface area contributed by atoms with Gasteiger partial charge in [-0.05, 0) is 51.1 Å². The Morgan fingerprint density at radius 1 is 1.10 bits per heavy atom. The van der Waals surface area contributed by atoms with Crippen LogP contribution >= 0.6 is 0 Å². The molecule has 0 aliphatic heterocycles. The van der Waals surface area contributed by atoms with E-state index >= 15 is 0 Å². The summed E-state index contributed by atoms with van der Waals surface area (Å²) >= 11 is 0. The van der Waals surface area contributed by atoms with Gasteiger partial charge >= 0.3 is 0 Å². The van der Waals surface area contributed by atoms with E-state index in [1.807, 2.05) is 75.0 Å². The molecule has 0 saturated heterocycles. The molecular weight excluding hydrogens is 362 g/mol. The summed E-state index contributed by atoms with van der Waals surface area (Å²) in [6.45, 7) is 5.97. The van der Waals surface area contributed by atoms with Crippen LogP contribution in [0.4, 0.5) is 0 Å². The van der Waals surface area contributed by atoms with Gasteiger partial charge in [0.15, 0.2) is 0 Å². The lowest BCUT2D eigenvalue weighted by Gasteiger charge is -2.16. The first-order valence-electron chi connectivity index (χ1n) is 9.56. The van der Waals surface area contributed by atoms with E-state index in [1.165, 1.54) is 0 Å². The second-order valence-corrected chi connectivity index (χ2v) is 7.29. The lowest BCUT2D eigenvalue weighted by molar-refractivity contribution is 0.0941. The first kappa shape index (κ1) is 18.8. The molecule has 1 aromatic carbocycles. The smallest absolute Gasteiger partial charge is 0.252 e. The number of benzene rings is 1. The zero-order valence-corrected chi connectivity index (χ0v) is 17.0. The Bertz CT molecular complexity index is 1200. The van der Waals surface area contributed by atoms with Gasteiger partial charge in [0.05, 0.1) is 34.7 Å². The minimum atomic E-state index is -0.164. The van der Waals surface area contributed by atoms with Gasteiger partial charge < -0.3 is 5.32 Å². The maximum absolute atomic E-state index is 13.3. The zero-order valence-electron chi connectivity index (χ0n) is 17.0. The summed E-state index contributed by atoms with van der Waals surface area (Å²) < 4.78 is 1.81. The van der Waals surface area contributed by atoms with Crippen LogP contribution in [0, 0.1) is 13.8 Å². The molecule has 1 N–H and O–H groups in total. The zero-order chi connectivity index (χ0) is 20.5. The molecule has 1 unspecified atom stereocenters. The molecule has 0 bridgehead atoms. The van der Waals surface area contributed by atoms with Gasteiger partial charge in [0.2, 0.25) is 0 Å². The van der Waals surface area contributed by atoms with Crippen LogP contribution in [0.25, 0.3) is 22.3 Å². The summed E-state index contributed by atoms with van der Waals surface area (Å²) in [5.74, 6) is -0.143. The molecule has 4 aromatic rings. The van der Waals surface area contributed by atoms with Gasteiger partial charge in [0, 0.05) is 29.9 Å². The van der Waals surface area contributed by atoms with Gasteiger partial charge in [-0.25, -0.2) is 4.98 Å². The molecule has 0 radical (unpaired) electrons. The number of carbonyl (C=O) groups excluding carboxylic acids is 1. The van der Waals surface area contributed by atoms with Crippen molar-refractivity contribution in [1.82, 2.24) is 25.1 Å². The van der Waals surface area contributed by atoms with Crippen molar-refractivity contribution in [2.75, 3.05) is 0 Å². The fourth-order valence-electron chi connectivity index (χ4n) is 3.47. The first-order valence-corrected chi connectivity index (χ1v) is 9.56. The largest absolute Gasteiger partial charge is 0.345 e. The number of nitrogens with zero attached hydrogens (tertiary/aromatic N) is 4. The molecule has 0 aliphatic carbocycles. The molecule has 0 spiro atoms. The Hall–Kier alpha value is -3.54. The van der Waals surface area contributed by atoms with Crippen LogP contribution in [-0.2, 0) is 7.05 Å². The van der Waals surface area contributed by atoms with Crippen LogP contribution in [0.2, 0.25) is 0 Å². The van der Waals surface area contributed by atoms with Crippen LogP contribution in [0.5, 0.6) is 0 Å². The van der Waals surface area contributed by atoms with Crippen molar-refractivity contribution in [3.05, 3.63) is 77.2 Å². The highest BCUT2D eigenvalue weighted by Gasteiger charge is 2.19. The summed E-state index contributed by atoms with van der Waals surface area (Å²) in [7, 11) is 1.89. The summed E-state index contributed by atoms with van der Waals surface area (Å²) in [6, 6.07) is 13.3. The fourth-order valence-corrected chi connectivity index (χ4v) is 3.47. The minimum Gasteiger partial charge on any atom is -0.345 e. The molecule has 146 valence electrons. The quantitative estimate of drug-likeness (QED) is 0.573. The topological polar surface area (TPSA) is 72.7 Å². The maximum Gasteiger partial charge on any atom is 0.252 e. The van der Waals surface area contributed by atoms with E-state index in [0.717, 1.165) is 33.4 Å². The van der Waals surface area contributed by atoms with Crippen molar-refractivity contribution in [3.63, 3.8) is 0 Å². The molecule has 29 heavy (non-hydrogen) atoms. The molecule has 3 aromatic heterocycles. The Balaban J connectivity index is 1.77. The standard InChI is InChI=1S/C23H23N5O/c1-14-8-9-20-17(11-14)18(12-22(27-20)21-7-5-6-10-24-21)23(29)26-15(2)19-13-25-28(4)16(19)3/h5-13,15H,1-4H3,(H,26,29). The number of nitrogens with one attached hydrogen (secondary N) is 1. The lowest BCUT2D eigenvalue weighted by Crippen LogP contribution is -2.27. The summed E-state index contributed by atoms with van der Waals surface area (Å²) in [5.41, 5.74) is 5.89. The molecular formula is C23H23N5O. The van der Waals surface area contributed by atoms with E-state index in [-0.39, 0.29) is 11.9 Å². The fraction of sp³-hybridized carbons (Fsp3) is 0.217. The van der Waals surface area contributed by atoms with Crippen molar-refractivity contribution >= 4 is 16.8 Å². The van der Waals surface area contributed by atoms with Gasteiger partial charge in [-0.15, -0.1) is 0 Å². The van der Waals surface area contributed by atoms with Crippen molar-refractivity contribution in [1.29, 1.82) is 0 Å². The van der Waals surface area contributed by atoms with E-state index in [0.29, 0.717) is 11.3 Å². The molecule has 6 nitrogen and oxygen atoms in total. The second-order valence-electron chi connectivity index (χ2n) is 7.29. The molecule has 0 saturated carbocycles. The molecule has 4 rings (SSSR count). The van der Waals surface area contributed by atoms with Gasteiger partial charge in [-0.3, -0.25) is 14.5 Å². The van der Waals surface area contributed by atoms with Crippen LogP contribution in [0.15, 0.2) is 54.9 Å². The highest BCUT2D eigenvalue weighted by atomic mass is 16.1. The number of fused-ring (bicyclic) bond motifs is 1. The van der Waals surface area contributed by atoms with Crippen molar-refractivity contribution in [2.24, 2.45) is 7.05 Å². The number of rotatable bonds is 4. The van der Waals surface area contributed by atoms with E-state index in [1.54, 1.807) is 12.4 Å². The van der Waals surface area contributed by atoms with Crippen LogP contribution in [-0.4, -0.2) is 25.7 Å². The van der Waals surface area contributed by atoms with E-state index in [4.69, 9.17) is 4.98 Å². The van der Waals surface area contributed by atoms with E-state index < -0.39 is 0 Å². The highest BCUT2D eigenvalue weighted by molar-refractivity contribution is 6.07. The molecule has 1 atom stereocenters. The van der Waals surface area contributed by atoms with Gasteiger partial charge in [-0.2, -0.15) is 5.10 Å². The van der Waals surface area contributed by atoms with Gasteiger partial charge in [-0.1, -0.05) is 17.7 Å². The highest BCUT2D eigenvalue weighted by Crippen LogP contribution is 2.26.